The molecule has 0 radical (unpaired) electrons. The number of amides is 2. The Morgan fingerprint density at radius 3 is 2.69 bits per heavy atom. The number of nitrogens with zero attached hydrogens (tertiary/aromatic N) is 1. The summed E-state index contributed by atoms with van der Waals surface area (Å²) in [5, 5.41) is 3.50. The number of carbonyl (C=O) groups is 2. The van der Waals surface area contributed by atoms with Crippen molar-refractivity contribution >= 4 is 23.4 Å². The van der Waals surface area contributed by atoms with Gasteiger partial charge in [0.1, 0.15) is 11.4 Å². The number of piperidine rings is 1. The predicted octanol–water partition coefficient (Wildman–Crippen LogP) is 2.64. The molecule has 2 heterocycles. The van der Waals surface area contributed by atoms with Crippen LogP contribution in [0, 0.1) is 0 Å². The number of nitrogens with one attached hydrogen (secondary N) is 2. The molecule has 6 nitrogen and oxygen atoms in total. The van der Waals surface area contributed by atoms with Crippen LogP contribution in [0.5, 0.6) is 5.75 Å². The second kappa shape index (κ2) is 8.27. The Hall–Kier alpha value is -2.47. The van der Waals surface area contributed by atoms with Crippen molar-refractivity contribution in [2.24, 2.45) is 0 Å². The van der Waals surface area contributed by atoms with Crippen molar-refractivity contribution in [2.45, 2.75) is 25.3 Å². The SMILES string of the molecule is COc1ccccc1CC(=O)N1CCC(NC(=O)c2cc(Cl)c[nH]2)CC1. The summed E-state index contributed by atoms with van der Waals surface area (Å²) in [4.78, 5) is 29.4. The van der Waals surface area contributed by atoms with E-state index < -0.39 is 0 Å². The van der Waals surface area contributed by atoms with Gasteiger partial charge in [0.05, 0.1) is 18.6 Å². The average Bonchev–Trinajstić information content (AvgIpc) is 3.09. The van der Waals surface area contributed by atoms with Gasteiger partial charge in [-0.1, -0.05) is 29.8 Å². The van der Waals surface area contributed by atoms with E-state index in [-0.39, 0.29) is 17.9 Å². The summed E-state index contributed by atoms with van der Waals surface area (Å²) in [6.45, 7) is 1.26. The van der Waals surface area contributed by atoms with E-state index in [4.69, 9.17) is 16.3 Å². The Morgan fingerprint density at radius 1 is 1.31 bits per heavy atom. The molecule has 138 valence electrons. The van der Waals surface area contributed by atoms with Crippen LogP contribution in [0.15, 0.2) is 36.5 Å². The Balaban J connectivity index is 1.50. The van der Waals surface area contributed by atoms with E-state index in [0.29, 0.717) is 30.2 Å². The van der Waals surface area contributed by atoms with Crippen LogP contribution in [0.2, 0.25) is 5.02 Å². The molecule has 26 heavy (non-hydrogen) atoms. The maximum Gasteiger partial charge on any atom is 0.267 e. The van der Waals surface area contributed by atoms with Gasteiger partial charge in [-0.2, -0.15) is 0 Å². The zero-order valence-electron chi connectivity index (χ0n) is 14.6. The van der Waals surface area contributed by atoms with E-state index in [1.165, 1.54) is 0 Å². The molecule has 2 aromatic rings. The number of para-hydroxylation sites is 1. The third kappa shape index (κ3) is 4.38. The first-order valence-corrected chi connectivity index (χ1v) is 8.99. The number of H-pyrrole nitrogens is 1. The van der Waals surface area contributed by atoms with Gasteiger partial charge in [0.2, 0.25) is 5.91 Å². The van der Waals surface area contributed by atoms with Gasteiger partial charge in [-0.15, -0.1) is 0 Å². The first-order valence-electron chi connectivity index (χ1n) is 8.61. The van der Waals surface area contributed by atoms with Crippen LogP contribution in [0.3, 0.4) is 0 Å². The summed E-state index contributed by atoms with van der Waals surface area (Å²) < 4.78 is 5.31. The van der Waals surface area contributed by atoms with Gasteiger partial charge in [0.25, 0.3) is 5.91 Å². The van der Waals surface area contributed by atoms with Crippen LogP contribution in [0.25, 0.3) is 0 Å². The summed E-state index contributed by atoms with van der Waals surface area (Å²) in [5.74, 6) is 0.638. The molecule has 0 unspecified atom stereocenters. The van der Waals surface area contributed by atoms with Gasteiger partial charge in [-0.25, -0.2) is 0 Å². The zero-order valence-corrected chi connectivity index (χ0v) is 15.4. The minimum absolute atomic E-state index is 0.0555. The quantitative estimate of drug-likeness (QED) is 0.843. The van der Waals surface area contributed by atoms with Crippen LogP contribution in [-0.4, -0.2) is 47.9 Å². The molecule has 2 amide bonds. The number of benzene rings is 1. The van der Waals surface area contributed by atoms with Gasteiger partial charge < -0.3 is 19.9 Å². The fraction of sp³-hybridized carbons (Fsp3) is 0.368. The van der Waals surface area contributed by atoms with Gasteiger partial charge in [-0.05, 0) is 25.0 Å². The highest BCUT2D eigenvalue weighted by atomic mass is 35.5. The van der Waals surface area contributed by atoms with E-state index >= 15 is 0 Å². The van der Waals surface area contributed by atoms with Gasteiger partial charge in [0.15, 0.2) is 0 Å². The number of carbonyl (C=O) groups excluding carboxylic acids is 2. The van der Waals surface area contributed by atoms with E-state index in [1.807, 2.05) is 29.2 Å². The number of rotatable bonds is 5. The Kier molecular flexibility index (Phi) is 5.83. The molecule has 0 saturated carbocycles. The highest BCUT2D eigenvalue weighted by molar-refractivity contribution is 6.30. The molecule has 0 spiro atoms. The van der Waals surface area contributed by atoms with Crippen LogP contribution in [-0.2, 0) is 11.2 Å². The van der Waals surface area contributed by atoms with E-state index in [0.717, 1.165) is 24.2 Å². The number of likely N-dealkylation sites (tertiary alicyclic amines) is 1. The van der Waals surface area contributed by atoms with E-state index in [1.54, 1.807) is 19.4 Å². The van der Waals surface area contributed by atoms with Crippen LogP contribution >= 0.6 is 11.6 Å². The lowest BCUT2D eigenvalue weighted by Crippen LogP contribution is -2.47. The lowest BCUT2D eigenvalue weighted by Gasteiger charge is -2.32. The molecular formula is C19H22ClN3O3. The monoisotopic (exact) mass is 375 g/mol. The number of aromatic nitrogens is 1. The van der Waals surface area contributed by atoms with E-state index in [2.05, 4.69) is 10.3 Å². The number of hydrogen-bond acceptors (Lipinski definition) is 3. The first kappa shape index (κ1) is 18.3. The second-order valence-corrected chi connectivity index (χ2v) is 6.79. The number of hydrogen-bond donors (Lipinski definition) is 2. The number of aromatic amines is 1. The predicted molar refractivity (Wildman–Crippen MR) is 99.6 cm³/mol. The van der Waals surface area contributed by atoms with Crippen LogP contribution in [0.1, 0.15) is 28.9 Å². The summed E-state index contributed by atoms with van der Waals surface area (Å²) in [7, 11) is 1.61. The van der Waals surface area contributed by atoms with Crippen molar-refractivity contribution in [1.29, 1.82) is 0 Å². The Morgan fingerprint density at radius 2 is 2.04 bits per heavy atom. The largest absolute Gasteiger partial charge is 0.496 e. The molecule has 0 aliphatic carbocycles. The molecule has 3 rings (SSSR count). The van der Waals surface area contributed by atoms with Gasteiger partial charge >= 0.3 is 0 Å². The standard InChI is InChI=1S/C19H22ClN3O3/c1-26-17-5-3-2-4-13(17)10-18(24)23-8-6-15(7-9-23)22-19(25)16-11-14(20)12-21-16/h2-5,11-12,15,21H,6-10H2,1H3,(H,22,25). The van der Waals surface area contributed by atoms with Gasteiger partial charge in [0, 0.05) is 30.9 Å². The Labute approximate surface area is 157 Å². The Bertz CT molecular complexity index is 782. The molecule has 1 saturated heterocycles. The molecule has 1 fully saturated rings. The molecule has 1 aliphatic heterocycles. The van der Waals surface area contributed by atoms with Crippen LogP contribution in [0.4, 0.5) is 0 Å². The average molecular weight is 376 g/mol. The molecule has 0 atom stereocenters. The summed E-state index contributed by atoms with van der Waals surface area (Å²) in [6.07, 6.45) is 3.37. The molecule has 2 N–H and O–H groups in total. The lowest BCUT2D eigenvalue weighted by atomic mass is 10.0. The minimum atomic E-state index is -0.171. The van der Waals surface area contributed by atoms with E-state index in [9.17, 15) is 9.59 Å². The third-order valence-electron chi connectivity index (χ3n) is 4.61. The topological polar surface area (TPSA) is 74.4 Å². The van der Waals surface area contributed by atoms with Gasteiger partial charge in [-0.3, -0.25) is 9.59 Å². The van der Waals surface area contributed by atoms with Crippen molar-refractivity contribution in [2.75, 3.05) is 20.2 Å². The van der Waals surface area contributed by atoms with Crippen LogP contribution < -0.4 is 10.1 Å². The zero-order chi connectivity index (χ0) is 18.5. The van der Waals surface area contributed by atoms with Crippen molar-refractivity contribution in [3.05, 3.63) is 52.8 Å². The highest BCUT2D eigenvalue weighted by Gasteiger charge is 2.25. The number of halogens is 1. The number of ether oxygens (including phenoxy) is 1. The normalized spacial score (nSPS) is 14.9. The fourth-order valence-corrected chi connectivity index (χ4v) is 3.32. The molecule has 1 aromatic heterocycles. The molecule has 1 aromatic carbocycles. The molecular weight excluding hydrogens is 354 g/mol. The fourth-order valence-electron chi connectivity index (χ4n) is 3.16. The third-order valence-corrected chi connectivity index (χ3v) is 4.83. The number of methoxy groups -OCH3 is 1. The maximum atomic E-state index is 12.6. The summed E-state index contributed by atoms with van der Waals surface area (Å²) in [6, 6.07) is 9.21. The lowest BCUT2D eigenvalue weighted by molar-refractivity contribution is -0.131. The molecule has 1 aliphatic rings. The summed E-state index contributed by atoms with van der Waals surface area (Å²) >= 11 is 5.82. The highest BCUT2D eigenvalue weighted by Crippen LogP contribution is 2.20. The molecule has 7 heteroatoms. The minimum Gasteiger partial charge on any atom is -0.496 e. The smallest absolute Gasteiger partial charge is 0.267 e. The van der Waals surface area contributed by atoms with Crippen molar-refractivity contribution in [3.8, 4) is 5.75 Å². The summed E-state index contributed by atoms with van der Waals surface area (Å²) in [5.41, 5.74) is 1.34. The van der Waals surface area contributed by atoms with Crippen molar-refractivity contribution in [1.82, 2.24) is 15.2 Å². The van der Waals surface area contributed by atoms with Crippen molar-refractivity contribution in [3.63, 3.8) is 0 Å². The molecule has 0 bridgehead atoms. The maximum absolute atomic E-state index is 12.6. The first-order chi connectivity index (χ1) is 12.6. The second-order valence-electron chi connectivity index (χ2n) is 6.35. The van der Waals surface area contributed by atoms with Crippen molar-refractivity contribution < 1.29 is 14.3 Å².